The molecule has 210 valence electrons. The van der Waals surface area contributed by atoms with Gasteiger partial charge in [-0.2, -0.15) is 0 Å². The summed E-state index contributed by atoms with van der Waals surface area (Å²) in [6.45, 7) is 1.82. The van der Waals surface area contributed by atoms with E-state index >= 15 is 0 Å². The molecule has 2 amide bonds. The van der Waals surface area contributed by atoms with Crippen LogP contribution in [0.5, 0.6) is 0 Å². The van der Waals surface area contributed by atoms with Crippen LogP contribution in [-0.2, 0) is 10.3 Å². The zero-order valence-corrected chi connectivity index (χ0v) is 22.3. The molecule has 3 unspecified atom stereocenters. The molecule has 0 aromatic heterocycles. The zero-order chi connectivity index (χ0) is 26.8. The quantitative estimate of drug-likeness (QED) is 0.262. The molecular formula is C28H44F3N3O3. The van der Waals surface area contributed by atoms with Crippen molar-refractivity contribution in [3.8, 4) is 0 Å². The lowest BCUT2D eigenvalue weighted by Gasteiger charge is -2.43. The lowest BCUT2D eigenvalue weighted by Crippen LogP contribution is -2.54. The number of likely N-dealkylation sites (tertiary alicyclic amines) is 1. The SMILES string of the molecule is CNCC(CC1CCCCC1)NC(=O)N1CCCC(C(O)(CCCCOC)c2cc(F)cc(F)c2F)C1. The summed E-state index contributed by atoms with van der Waals surface area (Å²) in [5.41, 5.74) is -2.19. The molecular weight excluding hydrogens is 483 g/mol. The molecule has 2 fully saturated rings. The molecule has 6 nitrogen and oxygen atoms in total. The van der Waals surface area contributed by atoms with Gasteiger partial charge in [-0.25, -0.2) is 18.0 Å². The van der Waals surface area contributed by atoms with Crippen LogP contribution < -0.4 is 10.6 Å². The highest BCUT2D eigenvalue weighted by molar-refractivity contribution is 5.74. The van der Waals surface area contributed by atoms with Gasteiger partial charge in [-0.15, -0.1) is 0 Å². The summed E-state index contributed by atoms with van der Waals surface area (Å²) in [4.78, 5) is 15.0. The number of benzene rings is 1. The molecule has 1 aliphatic heterocycles. The number of piperidine rings is 1. The molecule has 0 spiro atoms. The van der Waals surface area contributed by atoms with E-state index < -0.39 is 29.0 Å². The highest BCUT2D eigenvalue weighted by atomic mass is 19.2. The number of unbranched alkanes of at least 4 members (excludes halogenated alkanes) is 1. The Morgan fingerprint density at radius 2 is 1.92 bits per heavy atom. The molecule has 2 aliphatic rings. The summed E-state index contributed by atoms with van der Waals surface area (Å²) in [6, 6.07) is 1.15. The molecule has 1 saturated carbocycles. The Morgan fingerprint density at radius 1 is 1.16 bits per heavy atom. The van der Waals surface area contributed by atoms with Crippen molar-refractivity contribution in [2.45, 2.75) is 82.3 Å². The van der Waals surface area contributed by atoms with Crippen LogP contribution in [0.3, 0.4) is 0 Å². The second-order valence-corrected chi connectivity index (χ2v) is 10.9. The van der Waals surface area contributed by atoms with Gasteiger partial charge in [0, 0.05) is 56.9 Å². The number of aliphatic hydroxyl groups is 1. The predicted molar refractivity (Wildman–Crippen MR) is 138 cm³/mol. The Kier molecular flexibility index (Phi) is 11.5. The van der Waals surface area contributed by atoms with E-state index in [0.717, 1.165) is 12.5 Å². The molecule has 1 heterocycles. The average molecular weight is 528 g/mol. The normalized spacial score (nSPS) is 21.5. The highest BCUT2D eigenvalue weighted by Crippen LogP contribution is 2.41. The van der Waals surface area contributed by atoms with Gasteiger partial charge >= 0.3 is 6.03 Å². The van der Waals surface area contributed by atoms with E-state index in [1.807, 2.05) is 7.05 Å². The second-order valence-electron chi connectivity index (χ2n) is 10.9. The molecule has 0 bridgehead atoms. The maximum Gasteiger partial charge on any atom is 0.317 e. The summed E-state index contributed by atoms with van der Waals surface area (Å²) in [6.07, 6.45) is 9.37. The number of carbonyl (C=O) groups is 1. The number of ether oxygens (including phenoxy) is 1. The van der Waals surface area contributed by atoms with Gasteiger partial charge in [0.2, 0.25) is 0 Å². The minimum absolute atomic E-state index is 0.0105. The Balaban J connectivity index is 1.75. The van der Waals surface area contributed by atoms with Crippen LogP contribution in [0.25, 0.3) is 0 Å². The lowest BCUT2D eigenvalue weighted by atomic mass is 9.74. The van der Waals surface area contributed by atoms with Crippen molar-refractivity contribution in [2.75, 3.05) is 40.4 Å². The fraction of sp³-hybridized carbons (Fsp3) is 0.750. The summed E-state index contributed by atoms with van der Waals surface area (Å²) in [5, 5.41) is 18.2. The molecule has 1 aromatic rings. The van der Waals surface area contributed by atoms with E-state index in [1.165, 1.54) is 32.1 Å². The molecule has 3 atom stereocenters. The molecule has 9 heteroatoms. The predicted octanol–water partition coefficient (Wildman–Crippen LogP) is 5.09. The van der Waals surface area contributed by atoms with Gasteiger partial charge in [0.1, 0.15) is 5.82 Å². The highest BCUT2D eigenvalue weighted by Gasteiger charge is 2.43. The average Bonchev–Trinajstić information content (AvgIpc) is 2.89. The minimum Gasteiger partial charge on any atom is -0.385 e. The first-order chi connectivity index (χ1) is 17.8. The van der Waals surface area contributed by atoms with Crippen LogP contribution in [-0.4, -0.2) is 62.5 Å². The minimum atomic E-state index is -1.81. The van der Waals surface area contributed by atoms with E-state index in [4.69, 9.17) is 4.74 Å². The van der Waals surface area contributed by atoms with Crippen LogP contribution in [0.1, 0.15) is 76.2 Å². The van der Waals surface area contributed by atoms with E-state index in [1.54, 1.807) is 12.0 Å². The molecule has 37 heavy (non-hydrogen) atoms. The Morgan fingerprint density at radius 3 is 2.62 bits per heavy atom. The van der Waals surface area contributed by atoms with Gasteiger partial charge in [0.05, 0.1) is 5.60 Å². The van der Waals surface area contributed by atoms with Crippen molar-refractivity contribution in [3.63, 3.8) is 0 Å². The molecule has 1 aliphatic carbocycles. The number of methoxy groups -OCH3 is 1. The number of nitrogens with one attached hydrogen (secondary N) is 2. The molecule has 3 rings (SSSR count). The Bertz CT molecular complexity index is 869. The zero-order valence-electron chi connectivity index (χ0n) is 22.3. The van der Waals surface area contributed by atoms with Crippen molar-refractivity contribution < 1.29 is 27.8 Å². The van der Waals surface area contributed by atoms with Crippen molar-refractivity contribution in [2.24, 2.45) is 11.8 Å². The monoisotopic (exact) mass is 527 g/mol. The van der Waals surface area contributed by atoms with E-state index in [2.05, 4.69) is 10.6 Å². The lowest BCUT2D eigenvalue weighted by molar-refractivity contribution is -0.0594. The molecule has 1 aromatic carbocycles. The maximum absolute atomic E-state index is 14.9. The van der Waals surface area contributed by atoms with Crippen LogP contribution in [0, 0.1) is 29.3 Å². The number of halogens is 3. The number of rotatable bonds is 12. The van der Waals surface area contributed by atoms with Crippen LogP contribution in [0.2, 0.25) is 0 Å². The number of nitrogens with zero attached hydrogens (tertiary/aromatic N) is 1. The fourth-order valence-electron chi connectivity index (χ4n) is 6.15. The summed E-state index contributed by atoms with van der Waals surface area (Å²) in [7, 11) is 3.44. The first kappa shape index (κ1) is 29.7. The Hall–Kier alpha value is -1.84. The number of amides is 2. The van der Waals surface area contributed by atoms with Gasteiger partial charge in [0.15, 0.2) is 11.6 Å². The van der Waals surface area contributed by atoms with Crippen molar-refractivity contribution in [1.82, 2.24) is 15.5 Å². The topological polar surface area (TPSA) is 73.8 Å². The number of hydrogen-bond donors (Lipinski definition) is 3. The van der Waals surface area contributed by atoms with E-state index in [-0.39, 0.29) is 30.6 Å². The number of urea groups is 1. The third-order valence-corrected chi connectivity index (χ3v) is 8.12. The first-order valence-corrected chi connectivity index (χ1v) is 13.8. The first-order valence-electron chi connectivity index (χ1n) is 13.8. The summed E-state index contributed by atoms with van der Waals surface area (Å²) in [5.74, 6) is -3.46. The molecule has 0 radical (unpaired) electrons. The number of carbonyl (C=O) groups excluding carboxylic acids is 1. The summed E-state index contributed by atoms with van der Waals surface area (Å²) >= 11 is 0. The van der Waals surface area contributed by atoms with Gasteiger partial charge in [0.25, 0.3) is 0 Å². The van der Waals surface area contributed by atoms with Crippen molar-refractivity contribution in [1.29, 1.82) is 0 Å². The van der Waals surface area contributed by atoms with Gasteiger partial charge in [-0.05, 0) is 57.6 Å². The van der Waals surface area contributed by atoms with E-state index in [0.29, 0.717) is 57.4 Å². The number of hydrogen-bond acceptors (Lipinski definition) is 4. The third-order valence-electron chi connectivity index (χ3n) is 8.12. The van der Waals surface area contributed by atoms with Crippen LogP contribution in [0.4, 0.5) is 18.0 Å². The van der Waals surface area contributed by atoms with Gasteiger partial charge in [-0.1, -0.05) is 32.1 Å². The smallest absolute Gasteiger partial charge is 0.317 e. The van der Waals surface area contributed by atoms with Crippen LogP contribution >= 0.6 is 0 Å². The molecule has 3 N–H and O–H groups in total. The van der Waals surface area contributed by atoms with Crippen LogP contribution in [0.15, 0.2) is 12.1 Å². The molecule has 1 saturated heterocycles. The third kappa shape index (κ3) is 8.07. The Labute approximate surface area is 219 Å². The van der Waals surface area contributed by atoms with Crippen molar-refractivity contribution >= 4 is 6.03 Å². The second kappa shape index (κ2) is 14.4. The standard InChI is InChI=1S/C28H44F3N3O3/c1-32-18-23(15-20-9-4-3-5-10-20)33-27(35)34-13-8-11-21(19-34)28(36,12-6-7-14-37-2)24-16-22(29)17-25(30)26(24)31/h16-17,20-21,23,32,36H,3-15,18-19H2,1-2H3,(H,33,35). The number of likely N-dealkylation sites (N-methyl/N-ethyl adjacent to an activating group) is 1. The largest absolute Gasteiger partial charge is 0.385 e. The summed E-state index contributed by atoms with van der Waals surface area (Å²) < 4.78 is 48.3. The fourth-order valence-corrected chi connectivity index (χ4v) is 6.15. The van der Waals surface area contributed by atoms with Gasteiger partial charge in [-0.3, -0.25) is 0 Å². The maximum atomic E-state index is 14.9. The van der Waals surface area contributed by atoms with Crippen molar-refractivity contribution in [3.05, 3.63) is 35.1 Å². The van der Waals surface area contributed by atoms with Gasteiger partial charge < -0.3 is 25.4 Å². The van der Waals surface area contributed by atoms with E-state index in [9.17, 15) is 23.1 Å².